The maximum absolute atomic E-state index is 11.7. The Morgan fingerprint density at radius 3 is 2.22 bits per heavy atom. The monoisotopic (exact) mass is 244 g/mol. The molecular formula is C13H12N2O3. The third-order valence-corrected chi connectivity index (χ3v) is 2.55. The van der Waals surface area contributed by atoms with Gasteiger partial charge in [0.1, 0.15) is 0 Å². The number of hydrogen-bond donors (Lipinski definition) is 1. The molecule has 18 heavy (non-hydrogen) atoms. The standard InChI is InChI=1S/C13H12N2O3/c1-8-7-12(17)15(13(8)18)11-5-3-10(4-6-11)14-9(2)16/h3-7H,1-2H3,(H,14,16). The Balaban J connectivity index is 2.23. The fourth-order valence-electron chi connectivity index (χ4n) is 1.73. The Morgan fingerprint density at radius 1 is 1.17 bits per heavy atom. The normalized spacial score (nSPS) is 14.8. The molecule has 0 aliphatic carbocycles. The average Bonchev–Trinajstić information content (AvgIpc) is 2.54. The number of anilines is 2. The number of nitrogens with one attached hydrogen (secondary N) is 1. The summed E-state index contributed by atoms with van der Waals surface area (Å²) in [6.07, 6.45) is 1.31. The van der Waals surface area contributed by atoms with E-state index < -0.39 is 0 Å². The molecule has 0 bridgehead atoms. The van der Waals surface area contributed by atoms with E-state index in [1.54, 1.807) is 31.2 Å². The maximum Gasteiger partial charge on any atom is 0.261 e. The molecule has 1 N–H and O–H groups in total. The third-order valence-electron chi connectivity index (χ3n) is 2.55. The first kappa shape index (κ1) is 12.0. The van der Waals surface area contributed by atoms with Crippen molar-refractivity contribution in [3.63, 3.8) is 0 Å². The molecule has 0 saturated carbocycles. The van der Waals surface area contributed by atoms with Gasteiger partial charge in [0.15, 0.2) is 0 Å². The second kappa shape index (κ2) is 4.44. The predicted octanol–water partition coefficient (Wildman–Crippen LogP) is 1.46. The Labute approximate surface area is 104 Å². The number of benzene rings is 1. The fraction of sp³-hybridized carbons (Fsp3) is 0.154. The molecule has 0 aromatic heterocycles. The molecule has 92 valence electrons. The van der Waals surface area contributed by atoms with Gasteiger partial charge in [-0.1, -0.05) is 0 Å². The van der Waals surface area contributed by atoms with Crippen LogP contribution in [-0.4, -0.2) is 17.7 Å². The first-order valence-corrected chi connectivity index (χ1v) is 5.43. The topological polar surface area (TPSA) is 66.5 Å². The van der Waals surface area contributed by atoms with Crippen molar-refractivity contribution >= 4 is 29.1 Å². The largest absolute Gasteiger partial charge is 0.326 e. The molecule has 0 unspecified atom stereocenters. The van der Waals surface area contributed by atoms with Crippen molar-refractivity contribution < 1.29 is 14.4 Å². The number of carbonyl (C=O) groups excluding carboxylic acids is 3. The van der Waals surface area contributed by atoms with Gasteiger partial charge in [0.05, 0.1) is 5.69 Å². The smallest absolute Gasteiger partial charge is 0.261 e. The van der Waals surface area contributed by atoms with Gasteiger partial charge in [-0.15, -0.1) is 0 Å². The molecule has 0 atom stereocenters. The zero-order chi connectivity index (χ0) is 13.3. The number of amides is 3. The molecule has 5 heteroatoms. The van der Waals surface area contributed by atoms with Crippen LogP contribution in [0.3, 0.4) is 0 Å². The fourth-order valence-corrected chi connectivity index (χ4v) is 1.73. The van der Waals surface area contributed by atoms with E-state index in [1.807, 2.05) is 0 Å². The lowest BCUT2D eigenvalue weighted by atomic mass is 10.2. The molecule has 0 radical (unpaired) electrons. The van der Waals surface area contributed by atoms with Crippen LogP contribution in [0.25, 0.3) is 0 Å². The summed E-state index contributed by atoms with van der Waals surface area (Å²) in [5, 5.41) is 2.61. The van der Waals surface area contributed by atoms with E-state index in [9.17, 15) is 14.4 Å². The molecule has 1 aromatic rings. The number of rotatable bonds is 2. The highest BCUT2D eigenvalue weighted by Crippen LogP contribution is 2.23. The van der Waals surface area contributed by atoms with Crippen molar-refractivity contribution in [3.8, 4) is 0 Å². The summed E-state index contributed by atoms with van der Waals surface area (Å²) in [6.45, 7) is 3.01. The van der Waals surface area contributed by atoms with Gasteiger partial charge in [-0.2, -0.15) is 0 Å². The summed E-state index contributed by atoms with van der Waals surface area (Å²) in [6, 6.07) is 6.52. The van der Waals surface area contributed by atoms with Crippen molar-refractivity contribution in [1.82, 2.24) is 0 Å². The van der Waals surface area contributed by atoms with Crippen LogP contribution in [0.2, 0.25) is 0 Å². The third kappa shape index (κ3) is 2.15. The van der Waals surface area contributed by atoms with Crippen LogP contribution in [-0.2, 0) is 14.4 Å². The minimum atomic E-state index is -0.343. The Kier molecular flexibility index (Phi) is 2.97. The number of imide groups is 1. The van der Waals surface area contributed by atoms with Gasteiger partial charge in [-0.05, 0) is 31.2 Å². The van der Waals surface area contributed by atoms with Crippen molar-refractivity contribution in [3.05, 3.63) is 35.9 Å². The van der Waals surface area contributed by atoms with Crippen LogP contribution < -0.4 is 10.2 Å². The number of hydrogen-bond acceptors (Lipinski definition) is 3. The van der Waals surface area contributed by atoms with E-state index in [1.165, 1.54) is 13.0 Å². The summed E-state index contributed by atoms with van der Waals surface area (Å²) >= 11 is 0. The minimum absolute atomic E-state index is 0.173. The van der Waals surface area contributed by atoms with Crippen LogP contribution in [0.15, 0.2) is 35.9 Å². The summed E-state index contributed by atoms with van der Waals surface area (Å²) in [5.41, 5.74) is 1.54. The van der Waals surface area contributed by atoms with E-state index in [0.29, 0.717) is 16.9 Å². The summed E-state index contributed by atoms with van der Waals surface area (Å²) in [5.74, 6) is -0.828. The highest BCUT2D eigenvalue weighted by atomic mass is 16.2. The van der Waals surface area contributed by atoms with Gasteiger partial charge in [0.25, 0.3) is 11.8 Å². The second-order valence-electron chi connectivity index (χ2n) is 4.03. The molecule has 0 saturated heterocycles. The highest BCUT2D eigenvalue weighted by molar-refractivity contribution is 6.30. The van der Waals surface area contributed by atoms with Crippen LogP contribution in [0.1, 0.15) is 13.8 Å². The highest BCUT2D eigenvalue weighted by Gasteiger charge is 2.29. The van der Waals surface area contributed by atoms with E-state index in [4.69, 9.17) is 0 Å². The molecular weight excluding hydrogens is 232 g/mol. The lowest BCUT2D eigenvalue weighted by molar-refractivity contribution is -0.120. The zero-order valence-corrected chi connectivity index (χ0v) is 10.1. The second-order valence-corrected chi connectivity index (χ2v) is 4.03. The van der Waals surface area contributed by atoms with E-state index in [2.05, 4.69) is 5.32 Å². The summed E-state index contributed by atoms with van der Waals surface area (Å²) in [7, 11) is 0. The van der Waals surface area contributed by atoms with Gasteiger partial charge in [0.2, 0.25) is 5.91 Å². The molecule has 1 heterocycles. The average molecular weight is 244 g/mol. The summed E-state index contributed by atoms with van der Waals surface area (Å²) < 4.78 is 0. The van der Waals surface area contributed by atoms with Crippen LogP contribution in [0, 0.1) is 0 Å². The number of nitrogens with zero attached hydrogens (tertiary/aromatic N) is 1. The SMILES string of the molecule is CC(=O)Nc1ccc(N2C(=O)C=C(C)C2=O)cc1. The van der Waals surface area contributed by atoms with Crippen molar-refractivity contribution in [1.29, 1.82) is 0 Å². The molecule has 2 rings (SSSR count). The minimum Gasteiger partial charge on any atom is -0.326 e. The first-order chi connectivity index (χ1) is 8.49. The van der Waals surface area contributed by atoms with Crippen LogP contribution >= 0.6 is 0 Å². The van der Waals surface area contributed by atoms with Gasteiger partial charge >= 0.3 is 0 Å². The van der Waals surface area contributed by atoms with Crippen molar-refractivity contribution in [2.24, 2.45) is 0 Å². The molecule has 1 aromatic carbocycles. The van der Waals surface area contributed by atoms with Gasteiger partial charge in [0, 0.05) is 24.3 Å². The molecule has 1 aliphatic heterocycles. The van der Waals surface area contributed by atoms with Crippen molar-refractivity contribution in [2.75, 3.05) is 10.2 Å². The Morgan fingerprint density at radius 2 is 1.78 bits per heavy atom. The Hall–Kier alpha value is -2.43. The Bertz CT molecular complexity index is 558. The van der Waals surface area contributed by atoms with Gasteiger partial charge in [-0.3, -0.25) is 14.4 Å². The lowest BCUT2D eigenvalue weighted by Gasteiger charge is -2.14. The number of carbonyl (C=O) groups is 3. The predicted molar refractivity (Wildman–Crippen MR) is 67.0 cm³/mol. The maximum atomic E-state index is 11.7. The van der Waals surface area contributed by atoms with E-state index in [-0.39, 0.29) is 17.7 Å². The van der Waals surface area contributed by atoms with E-state index in [0.717, 1.165) is 4.90 Å². The molecule has 1 aliphatic rings. The van der Waals surface area contributed by atoms with Crippen LogP contribution in [0.4, 0.5) is 11.4 Å². The van der Waals surface area contributed by atoms with Crippen molar-refractivity contribution in [2.45, 2.75) is 13.8 Å². The summed E-state index contributed by atoms with van der Waals surface area (Å²) in [4.78, 5) is 35.3. The lowest BCUT2D eigenvalue weighted by Crippen LogP contribution is -2.30. The molecule has 3 amide bonds. The first-order valence-electron chi connectivity index (χ1n) is 5.43. The van der Waals surface area contributed by atoms with E-state index >= 15 is 0 Å². The molecule has 5 nitrogen and oxygen atoms in total. The molecule has 0 spiro atoms. The van der Waals surface area contributed by atoms with Gasteiger partial charge in [-0.25, -0.2) is 4.90 Å². The molecule has 0 fully saturated rings. The zero-order valence-electron chi connectivity index (χ0n) is 10.1. The quantitative estimate of drug-likeness (QED) is 0.801. The van der Waals surface area contributed by atoms with Gasteiger partial charge < -0.3 is 5.32 Å². The van der Waals surface area contributed by atoms with Crippen LogP contribution in [0.5, 0.6) is 0 Å².